The van der Waals surface area contributed by atoms with Crippen molar-refractivity contribution in [1.29, 1.82) is 0 Å². The van der Waals surface area contributed by atoms with Crippen molar-refractivity contribution in [3.05, 3.63) is 22.4 Å². The van der Waals surface area contributed by atoms with Crippen molar-refractivity contribution >= 4 is 11.3 Å². The molecule has 1 saturated carbocycles. The third kappa shape index (κ3) is 4.57. The summed E-state index contributed by atoms with van der Waals surface area (Å²) < 4.78 is 0. The van der Waals surface area contributed by atoms with Crippen LogP contribution in [0.3, 0.4) is 0 Å². The molecular formula is C17H30N2S. The van der Waals surface area contributed by atoms with E-state index in [1.165, 1.54) is 43.4 Å². The average Bonchev–Trinajstić information content (AvgIpc) is 2.96. The molecule has 2 N–H and O–H groups in total. The largest absolute Gasteiger partial charge is 0.329 e. The molecule has 0 saturated heterocycles. The van der Waals surface area contributed by atoms with E-state index in [1.807, 2.05) is 11.3 Å². The average molecular weight is 295 g/mol. The molecule has 0 amide bonds. The summed E-state index contributed by atoms with van der Waals surface area (Å²) in [6, 6.07) is 5.50. The lowest BCUT2D eigenvalue weighted by Crippen LogP contribution is -2.45. The van der Waals surface area contributed by atoms with Gasteiger partial charge >= 0.3 is 0 Å². The molecule has 1 heterocycles. The van der Waals surface area contributed by atoms with Crippen LogP contribution < -0.4 is 5.73 Å². The fourth-order valence-electron chi connectivity index (χ4n) is 3.49. The molecule has 20 heavy (non-hydrogen) atoms. The monoisotopic (exact) mass is 294 g/mol. The number of nitrogens with zero attached hydrogens (tertiary/aromatic N) is 1. The van der Waals surface area contributed by atoms with Gasteiger partial charge in [0.1, 0.15) is 0 Å². The summed E-state index contributed by atoms with van der Waals surface area (Å²) in [7, 11) is 0. The second-order valence-corrected chi connectivity index (χ2v) is 7.51. The fourth-order valence-corrected chi connectivity index (χ4v) is 4.20. The minimum Gasteiger partial charge on any atom is -0.329 e. The molecule has 1 aromatic heterocycles. The van der Waals surface area contributed by atoms with Crippen molar-refractivity contribution in [1.82, 2.24) is 4.90 Å². The van der Waals surface area contributed by atoms with E-state index in [2.05, 4.69) is 36.3 Å². The Morgan fingerprint density at radius 3 is 2.60 bits per heavy atom. The van der Waals surface area contributed by atoms with E-state index < -0.39 is 0 Å². The van der Waals surface area contributed by atoms with Crippen molar-refractivity contribution in [2.75, 3.05) is 6.54 Å². The Bertz CT molecular complexity index is 355. The summed E-state index contributed by atoms with van der Waals surface area (Å²) in [5.41, 5.74) is 6.12. The van der Waals surface area contributed by atoms with E-state index in [0.717, 1.165) is 19.0 Å². The molecule has 3 heteroatoms. The number of nitrogens with two attached hydrogens (primary N) is 1. The Labute approximate surface area is 128 Å². The SMILES string of the molecule is CC(C)N(Cc1cccs1)C(CN)CC1CCCCC1. The van der Waals surface area contributed by atoms with E-state index in [9.17, 15) is 0 Å². The quantitative estimate of drug-likeness (QED) is 0.814. The van der Waals surface area contributed by atoms with E-state index in [-0.39, 0.29) is 0 Å². The van der Waals surface area contributed by atoms with Gasteiger partial charge in [-0.1, -0.05) is 38.2 Å². The number of thiophene rings is 1. The van der Waals surface area contributed by atoms with Gasteiger partial charge in [0, 0.05) is 30.1 Å². The molecule has 0 aromatic carbocycles. The van der Waals surface area contributed by atoms with Crippen molar-refractivity contribution in [3.63, 3.8) is 0 Å². The normalized spacial score (nSPS) is 18.9. The lowest BCUT2D eigenvalue weighted by Gasteiger charge is -2.37. The van der Waals surface area contributed by atoms with Crippen LogP contribution >= 0.6 is 11.3 Å². The van der Waals surface area contributed by atoms with Crippen molar-refractivity contribution < 1.29 is 0 Å². The summed E-state index contributed by atoms with van der Waals surface area (Å²) in [5.74, 6) is 0.905. The smallest absolute Gasteiger partial charge is 0.0334 e. The molecular weight excluding hydrogens is 264 g/mol. The van der Waals surface area contributed by atoms with Gasteiger partial charge in [0.2, 0.25) is 0 Å². The van der Waals surface area contributed by atoms with Gasteiger partial charge in [-0.15, -0.1) is 11.3 Å². The molecule has 1 aliphatic carbocycles. The zero-order valence-electron chi connectivity index (χ0n) is 13.1. The Balaban J connectivity index is 1.96. The van der Waals surface area contributed by atoms with Gasteiger partial charge in [0.05, 0.1) is 0 Å². The molecule has 0 aliphatic heterocycles. The van der Waals surface area contributed by atoms with Crippen LogP contribution in [0.2, 0.25) is 0 Å². The highest BCUT2D eigenvalue weighted by atomic mass is 32.1. The molecule has 1 unspecified atom stereocenters. The van der Waals surface area contributed by atoms with Gasteiger partial charge in [-0.2, -0.15) is 0 Å². The van der Waals surface area contributed by atoms with Crippen LogP contribution in [0.25, 0.3) is 0 Å². The minimum atomic E-state index is 0.542. The lowest BCUT2D eigenvalue weighted by atomic mass is 9.84. The predicted octanol–water partition coefficient (Wildman–Crippen LogP) is 4.26. The number of hydrogen-bond donors (Lipinski definition) is 1. The van der Waals surface area contributed by atoms with Crippen LogP contribution in [0.1, 0.15) is 57.2 Å². The van der Waals surface area contributed by atoms with Gasteiger partial charge in [0.15, 0.2) is 0 Å². The molecule has 2 rings (SSSR count). The van der Waals surface area contributed by atoms with E-state index >= 15 is 0 Å². The maximum atomic E-state index is 6.12. The Morgan fingerprint density at radius 2 is 2.05 bits per heavy atom. The van der Waals surface area contributed by atoms with Crippen LogP contribution in [0.15, 0.2) is 17.5 Å². The van der Waals surface area contributed by atoms with Gasteiger partial charge in [-0.25, -0.2) is 0 Å². The standard InChI is InChI=1S/C17H30N2S/c1-14(2)19(13-17-9-6-10-20-17)16(12-18)11-15-7-4-3-5-8-15/h6,9-10,14-16H,3-5,7-8,11-13,18H2,1-2H3. The summed E-state index contributed by atoms with van der Waals surface area (Å²) in [6.45, 7) is 6.46. The fraction of sp³-hybridized carbons (Fsp3) is 0.765. The minimum absolute atomic E-state index is 0.542. The van der Waals surface area contributed by atoms with Gasteiger partial charge < -0.3 is 5.73 Å². The Hall–Kier alpha value is -0.380. The van der Waals surface area contributed by atoms with E-state index in [1.54, 1.807) is 0 Å². The maximum Gasteiger partial charge on any atom is 0.0334 e. The van der Waals surface area contributed by atoms with Crippen LogP contribution in [-0.2, 0) is 6.54 Å². The van der Waals surface area contributed by atoms with Gasteiger partial charge in [-0.3, -0.25) is 4.90 Å². The summed E-state index contributed by atoms with van der Waals surface area (Å²) >= 11 is 1.86. The van der Waals surface area contributed by atoms with E-state index in [0.29, 0.717) is 12.1 Å². The zero-order valence-corrected chi connectivity index (χ0v) is 13.9. The maximum absolute atomic E-state index is 6.12. The number of rotatable bonds is 7. The summed E-state index contributed by atoms with van der Waals surface area (Å²) in [4.78, 5) is 4.07. The molecule has 1 aliphatic rings. The second-order valence-electron chi connectivity index (χ2n) is 6.47. The zero-order chi connectivity index (χ0) is 14.4. The van der Waals surface area contributed by atoms with Crippen molar-refractivity contribution in [3.8, 4) is 0 Å². The molecule has 0 radical (unpaired) electrons. The first kappa shape index (κ1) is 16.0. The molecule has 1 fully saturated rings. The highest BCUT2D eigenvalue weighted by molar-refractivity contribution is 7.09. The third-order valence-electron chi connectivity index (χ3n) is 4.65. The van der Waals surface area contributed by atoms with Crippen molar-refractivity contribution in [2.24, 2.45) is 11.7 Å². The van der Waals surface area contributed by atoms with Crippen molar-refractivity contribution in [2.45, 2.75) is 71.0 Å². The van der Waals surface area contributed by atoms with Gasteiger partial charge in [-0.05, 0) is 37.6 Å². The highest BCUT2D eigenvalue weighted by Crippen LogP contribution is 2.29. The predicted molar refractivity (Wildman–Crippen MR) is 89.0 cm³/mol. The Kier molecular flexibility index (Phi) is 6.53. The topological polar surface area (TPSA) is 29.3 Å². The Morgan fingerprint density at radius 1 is 1.30 bits per heavy atom. The summed E-state index contributed by atoms with van der Waals surface area (Å²) in [5, 5.41) is 2.17. The first-order valence-electron chi connectivity index (χ1n) is 8.19. The van der Waals surface area contributed by atoms with Gasteiger partial charge in [0.25, 0.3) is 0 Å². The van der Waals surface area contributed by atoms with E-state index in [4.69, 9.17) is 5.73 Å². The van der Waals surface area contributed by atoms with Crippen LogP contribution in [0.4, 0.5) is 0 Å². The molecule has 114 valence electrons. The van der Waals surface area contributed by atoms with Crippen LogP contribution in [0.5, 0.6) is 0 Å². The first-order chi connectivity index (χ1) is 9.70. The second kappa shape index (κ2) is 8.16. The summed E-state index contributed by atoms with van der Waals surface area (Å²) in [6.07, 6.45) is 8.42. The highest BCUT2D eigenvalue weighted by Gasteiger charge is 2.25. The first-order valence-corrected chi connectivity index (χ1v) is 9.07. The number of hydrogen-bond acceptors (Lipinski definition) is 3. The molecule has 0 spiro atoms. The molecule has 1 aromatic rings. The van der Waals surface area contributed by atoms with Crippen LogP contribution in [-0.4, -0.2) is 23.5 Å². The molecule has 2 nitrogen and oxygen atoms in total. The lowest BCUT2D eigenvalue weighted by molar-refractivity contribution is 0.119. The third-order valence-corrected chi connectivity index (χ3v) is 5.51. The molecule has 1 atom stereocenters. The van der Waals surface area contributed by atoms with Crippen LogP contribution in [0, 0.1) is 5.92 Å². The molecule has 0 bridgehead atoms.